The van der Waals surface area contributed by atoms with Gasteiger partial charge < -0.3 is 5.11 Å². The molecule has 1 aliphatic rings. The van der Waals surface area contributed by atoms with Crippen molar-refractivity contribution >= 4 is 16.8 Å². The monoisotopic (exact) mass is 264 g/mol. The van der Waals surface area contributed by atoms with Crippen molar-refractivity contribution in [1.82, 2.24) is 9.55 Å². The van der Waals surface area contributed by atoms with Gasteiger partial charge in [0.05, 0.1) is 16.8 Å². The van der Waals surface area contributed by atoms with E-state index in [0.29, 0.717) is 27.9 Å². The quantitative estimate of drug-likeness (QED) is 0.531. The largest absolute Gasteiger partial charge is 0.506 e. The Balaban J connectivity index is 2.21. The molecule has 4 nitrogen and oxygen atoms in total. The van der Waals surface area contributed by atoms with Gasteiger partial charge in [-0.25, -0.2) is 4.98 Å². The molecule has 4 rings (SSSR count). The number of nitrogens with zero attached hydrogens (tertiary/aromatic N) is 2. The average molecular weight is 264 g/mol. The van der Waals surface area contributed by atoms with Gasteiger partial charge in [-0.05, 0) is 43.2 Å². The Kier molecular flexibility index (Phi) is 1.95. The first kappa shape index (κ1) is 11.2. The van der Waals surface area contributed by atoms with Crippen LogP contribution < -0.4 is 0 Å². The summed E-state index contributed by atoms with van der Waals surface area (Å²) in [5, 5.41) is 11.3. The van der Waals surface area contributed by atoms with E-state index in [1.54, 1.807) is 12.3 Å². The lowest BCUT2D eigenvalue weighted by Crippen LogP contribution is -2.06. The van der Waals surface area contributed by atoms with Crippen molar-refractivity contribution in [1.29, 1.82) is 0 Å². The smallest absolute Gasteiger partial charge is 0.281 e. The molecule has 0 aliphatic carbocycles. The van der Waals surface area contributed by atoms with Crippen LogP contribution in [0, 0.1) is 13.8 Å². The van der Waals surface area contributed by atoms with Gasteiger partial charge in [0.15, 0.2) is 0 Å². The van der Waals surface area contributed by atoms with E-state index < -0.39 is 0 Å². The minimum atomic E-state index is -0.183. The van der Waals surface area contributed by atoms with Gasteiger partial charge >= 0.3 is 0 Å². The number of hydrogen-bond donors (Lipinski definition) is 1. The molecule has 0 atom stereocenters. The first-order valence-electron chi connectivity index (χ1n) is 6.44. The van der Waals surface area contributed by atoms with Crippen molar-refractivity contribution in [3.63, 3.8) is 0 Å². The van der Waals surface area contributed by atoms with Crippen LogP contribution in [0.4, 0.5) is 0 Å². The van der Waals surface area contributed by atoms with Crippen LogP contribution >= 0.6 is 0 Å². The summed E-state index contributed by atoms with van der Waals surface area (Å²) in [4.78, 5) is 16.8. The summed E-state index contributed by atoms with van der Waals surface area (Å²) in [5.74, 6) is -0.0419. The van der Waals surface area contributed by atoms with E-state index in [9.17, 15) is 9.90 Å². The molecule has 98 valence electrons. The maximum absolute atomic E-state index is 12.3. The van der Waals surface area contributed by atoms with Gasteiger partial charge in [0.25, 0.3) is 5.91 Å². The highest BCUT2D eigenvalue weighted by Crippen LogP contribution is 2.42. The van der Waals surface area contributed by atoms with Crippen LogP contribution in [0.1, 0.15) is 21.6 Å². The molecule has 0 saturated carbocycles. The van der Waals surface area contributed by atoms with Gasteiger partial charge in [-0.1, -0.05) is 6.07 Å². The van der Waals surface area contributed by atoms with Crippen molar-refractivity contribution in [2.24, 2.45) is 0 Å². The van der Waals surface area contributed by atoms with Gasteiger partial charge in [-0.3, -0.25) is 9.36 Å². The Bertz CT molecular complexity index is 906. The normalized spacial score (nSPS) is 12.8. The fraction of sp³-hybridized carbons (Fsp3) is 0.125. The molecule has 0 saturated heterocycles. The van der Waals surface area contributed by atoms with Crippen molar-refractivity contribution < 1.29 is 9.90 Å². The van der Waals surface area contributed by atoms with Crippen molar-refractivity contribution in [2.75, 3.05) is 0 Å². The summed E-state index contributed by atoms with van der Waals surface area (Å²) < 4.78 is 1.53. The van der Waals surface area contributed by atoms with Crippen LogP contribution in [0.2, 0.25) is 0 Å². The van der Waals surface area contributed by atoms with Crippen LogP contribution in [0.25, 0.3) is 22.2 Å². The van der Waals surface area contributed by atoms with Crippen LogP contribution in [-0.2, 0) is 0 Å². The maximum Gasteiger partial charge on any atom is 0.281 e. The highest BCUT2D eigenvalue weighted by molar-refractivity contribution is 6.12. The molecule has 0 fully saturated rings. The van der Waals surface area contributed by atoms with Crippen LogP contribution in [-0.4, -0.2) is 20.6 Å². The lowest BCUT2D eigenvalue weighted by molar-refractivity contribution is 0.0965. The van der Waals surface area contributed by atoms with E-state index in [4.69, 9.17) is 0 Å². The topological polar surface area (TPSA) is 55.1 Å². The standard InChI is InChI=1S/C16H12N2O2/c1-8-6-9(2)13-10(7-8)15(19)12-11-4-3-5-18(11)16(20)14(12)17-13/h3-7H,1-2H3,(H,17,19). The summed E-state index contributed by atoms with van der Waals surface area (Å²) in [5.41, 5.74) is 4.28. The maximum atomic E-state index is 12.3. The van der Waals surface area contributed by atoms with Crippen molar-refractivity contribution in [3.05, 3.63) is 47.3 Å². The molecule has 1 N–H and O–H groups in total. The predicted octanol–water partition coefficient (Wildman–Crippen LogP) is 3.03. The molecule has 2 aromatic heterocycles. The molecule has 1 aliphatic heterocycles. The molecular formula is C16H12N2O2. The average Bonchev–Trinajstić information content (AvgIpc) is 2.95. The number of aromatic hydroxyl groups is 1. The SMILES string of the molecule is Cc1cc(C)c2nc3c(c(O)c2c1)-c1cccn1C3=O. The van der Waals surface area contributed by atoms with Crippen molar-refractivity contribution in [3.8, 4) is 17.0 Å². The molecule has 0 spiro atoms. The zero-order chi connectivity index (χ0) is 14.0. The van der Waals surface area contributed by atoms with Crippen molar-refractivity contribution in [2.45, 2.75) is 13.8 Å². The van der Waals surface area contributed by atoms with E-state index in [1.165, 1.54) is 4.57 Å². The number of carbonyl (C=O) groups is 1. The third-order valence-corrected chi connectivity index (χ3v) is 3.82. The predicted molar refractivity (Wildman–Crippen MR) is 76.0 cm³/mol. The second kappa shape index (κ2) is 3.48. The van der Waals surface area contributed by atoms with E-state index in [-0.39, 0.29) is 11.7 Å². The van der Waals surface area contributed by atoms with E-state index in [2.05, 4.69) is 4.98 Å². The fourth-order valence-corrected chi connectivity index (χ4v) is 2.98. The fourth-order valence-electron chi connectivity index (χ4n) is 2.98. The van der Waals surface area contributed by atoms with Gasteiger partial charge in [-0.2, -0.15) is 0 Å². The lowest BCUT2D eigenvalue weighted by Gasteiger charge is -2.09. The molecule has 20 heavy (non-hydrogen) atoms. The molecule has 0 amide bonds. The minimum Gasteiger partial charge on any atom is -0.506 e. The van der Waals surface area contributed by atoms with Crippen LogP contribution in [0.5, 0.6) is 5.75 Å². The third-order valence-electron chi connectivity index (χ3n) is 3.82. The molecule has 1 aromatic carbocycles. The number of benzene rings is 1. The summed E-state index contributed by atoms with van der Waals surface area (Å²) in [6, 6.07) is 7.52. The molecule has 0 radical (unpaired) electrons. The Morgan fingerprint density at radius 3 is 2.85 bits per heavy atom. The second-order valence-corrected chi connectivity index (χ2v) is 5.23. The number of aromatic nitrogens is 2. The molecule has 4 heteroatoms. The lowest BCUT2D eigenvalue weighted by atomic mass is 10.0. The summed E-state index contributed by atoms with van der Waals surface area (Å²) in [6.07, 6.45) is 1.70. The summed E-state index contributed by atoms with van der Waals surface area (Å²) in [6.45, 7) is 3.92. The second-order valence-electron chi connectivity index (χ2n) is 5.23. The Morgan fingerprint density at radius 1 is 1.25 bits per heavy atom. The van der Waals surface area contributed by atoms with Gasteiger partial charge in [-0.15, -0.1) is 0 Å². The van der Waals surface area contributed by atoms with E-state index in [1.807, 2.05) is 32.0 Å². The number of hydrogen-bond acceptors (Lipinski definition) is 3. The Labute approximate surface area is 115 Å². The third kappa shape index (κ3) is 1.20. The molecule has 0 unspecified atom stereocenters. The summed E-state index contributed by atoms with van der Waals surface area (Å²) >= 11 is 0. The number of rotatable bonds is 0. The minimum absolute atomic E-state index is 0.141. The first-order chi connectivity index (χ1) is 9.58. The van der Waals surface area contributed by atoms with Crippen LogP contribution in [0.3, 0.4) is 0 Å². The Morgan fingerprint density at radius 2 is 2.05 bits per heavy atom. The van der Waals surface area contributed by atoms with Crippen LogP contribution in [0.15, 0.2) is 30.5 Å². The highest BCUT2D eigenvalue weighted by atomic mass is 16.3. The number of pyridine rings is 1. The van der Waals surface area contributed by atoms with Gasteiger partial charge in [0.2, 0.25) is 0 Å². The van der Waals surface area contributed by atoms with Gasteiger partial charge in [0, 0.05) is 11.6 Å². The van der Waals surface area contributed by atoms with E-state index >= 15 is 0 Å². The molecule has 3 aromatic rings. The molecular weight excluding hydrogens is 252 g/mol. The summed E-state index contributed by atoms with van der Waals surface area (Å²) in [7, 11) is 0. The number of carbonyl (C=O) groups excluding carboxylic acids is 1. The van der Waals surface area contributed by atoms with Gasteiger partial charge in [0.1, 0.15) is 11.4 Å². The number of aryl methyl sites for hydroxylation is 2. The number of fused-ring (bicyclic) bond motifs is 4. The van der Waals surface area contributed by atoms with E-state index in [0.717, 1.165) is 11.1 Å². The Hall–Kier alpha value is -2.62. The zero-order valence-electron chi connectivity index (χ0n) is 11.1. The highest BCUT2D eigenvalue weighted by Gasteiger charge is 2.31. The molecule has 0 bridgehead atoms. The zero-order valence-corrected chi connectivity index (χ0v) is 11.1. The molecule has 3 heterocycles. The first-order valence-corrected chi connectivity index (χ1v) is 6.44.